The molecule has 8 aromatic rings. The fourth-order valence-electron chi connectivity index (χ4n) is 14.7. The molecule has 314 valence electrons. The van der Waals surface area contributed by atoms with Crippen molar-refractivity contribution in [2.75, 3.05) is 0 Å². The third kappa shape index (κ3) is 5.18. The molecule has 6 saturated carbocycles. The molecule has 15 rings (SSSR count). The van der Waals surface area contributed by atoms with Gasteiger partial charge in [0.15, 0.2) is 23.3 Å². The average molecular weight is 840 g/mol. The Labute approximate surface area is 380 Å². The van der Waals surface area contributed by atoms with Crippen LogP contribution in [0, 0.1) is 47.3 Å². The predicted molar refractivity (Wildman–Crippen MR) is 257 cm³/mol. The van der Waals surface area contributed by atoms with Crippen LogP contribution in [0.4, 0.5) is 0 Å². The second-order valence-electron chi connectivity index (χ2n) is 21.2. The minimum Gasteiger partial charge on any atom is -0.228 e. The van der Waals surface area contributed by atoms with Crippen molar-refractivity contribution in [3.8, 4) is 79.2 Å². The number of hydrogen-bond acceptors (Lipinski definition) is 5. The summed E-state index contributed by atoms with van der Waals surface area (Å²) in [4.78, 5) is 26.7. The molecule has 0 radical (unpaired) electrons. The lowest BCUT2D eigenvalue weighted by atomic mass is 9.31. The molecule has 7 aliphatic rings. The van der Waals surface area contributed by atoms with Crippen LogP contribution >= 0.6 is 0 Å². The van der Waals surface area contributed by atoms with E-state index in [0.717, 1.165) is 104 Å². The molecule has 0 N–H and O–H groups in total. The Morgan fingerprint density at radius 1 is 0.385 bits per heavy atom. The minimum atomic E-state index is -0.132. The summed E-state index contributed by atoms with van der Waals surface area (Å²) in [6.07, 6.45) is 5.57. The SMILES string of the molecule is CC1(C)c2ccccc2-c2c(-c3nc(-c4ccc(C5C6CC7CC5C76)cc4)cc(-c4cc(-c5nc(-c6ccccc6)nc(-c6ccccc6)n5)cc(C5C6CC7CC5C76)c4)n3)cccc21. The number of benzene rings is 6. The van der Waals surface area contributed by atoms with Crippen LogP contribution in [0.2, 0.25) is 0 Å². The van der Waals surface area contributed by atoms with Gasteiger partial charge in [0.1, 0.15) is 0 Å². The number of fused-ring (bicyclic) bond motifs is 3. The Balaban J connectivity index is 0.924. The third-order valence-corrected chi connectivity index (χ3v) is 18.0. The fraction of sp³-hybridized carbons (Fsp3) is 0.283. The van der Waals surface area contributed by atoms with Gasteiger partial charge in [0.2, 0.25) is 0 Å². The average Bonchev–Trinajstić information content (AvgIpc) is 3.59. The van der Waals surface area contributed by atoms with E-state index in [1.54, 1.807) is 0 Å². The third-order valence-electron chi connectivity index (χ3n) is 18.0. The van der Waals surface area contributed by atoms with Gasteiger partial charge in [-0.25, -0.2) is 24.9 Å². The zero-order valence-corrected chi connectivity index (χ0v) is 36.8. The highest BCUT2D eigenvalue weighted by Gasteiger charge is 2.68. The molecule has 65 heavy (non-hydrogen) atoms. The highest BCUT2D eigenvalue weighted by molar-refractivity contribution is 5.91. The standard InChI is InChI=1S/C60H49N5/c1-60(2)47-18-10-9-16-41(47)55-42(17-11-19-48(55)60)59-61-49(32-20-22-33(23-21-32)51-43-27-38-28-44(51)53(38)43)31-50(62-59)36-24-37(52-45-29-39-30-46(52)54(39)45)26-40(25-36)58-64-56(34-12-5-3-6-13-34)63-57(65-58)35-14-7-4-8-15-35/h3-26,31,38-39,43-46,51-54H,27-30H2,1-2H3. The molecular weight excluding hydrogens is 791 g/mol. The summed E-state index contributed by atoms with van der Waals surface area (Å²) in [6, 6.07) is 55.2. The fourth-order valence-corrected chi connectivity index (χ4v) is 14.7. The first-order chi connectivity index (χ1) is 31.9. The van der Waals surface area contributed by atoms with E-state index in [1.807, 2.05) is 12.1 Å². The van der Waals surface area contributed by atoms with Gasteiger partial charge in [-0.1, -0.05) is 141 Å². The highest BCUT2D eigenvalue weighted by Crippen LogP contribution is 2.76. The molecule has 5 heteroatoms. The molecule has 7 aliphatic carbocycles. The summed E-state index contributed by atoms with van der Waals surface area (Å²) in [6.45, 7) is 4.70. The van der Waals surface area contributed by atoms with Gasteiger partial charge in [0, 0.05) is 38.8 Å². The van der Waals surface area contributed by atoms with Crippen molar-refractivity contribution < 1.29 is 0 Å². The van der Waals surface area contributed by atoms with Gasteiger partial charge >= 0.3 is 0 Å². The summed E-state index contributed by atoms with van der Waals surface area (Å²) < 4.78 is 0. The van der Waals surface area contributed by atoms with Crippen molar-refractivity contribution in [1.82, 2.24) is 24.9 Å². The topological polar surface area (TPSA) is 64.5 Å². The van der Waals surface area contributed by atoms with Crippen LogP contribution < -0.4 is 0 Å². The Hall–Kier alpha value is -6.59. The van der Waals surface area contributed by atoms with Crippen LogP contribution in [-0.4, -0.2) is 24.9 Å². The molecular formula is C60H49N5. The van der Waals surface area contributed by atoms with Crippen molar-refractivity contribution in [1.29, 1.82) is 0 Å². The highest BCUT2D eigenvalue weighted by atomic mass is 15.0. The predicted octanol–water partition coefficient (Wildman–Crippen LogP) is 13.7. The largest absolute Gasteiger partial charge is 0.228 e. The first-order valence-electron chi connectivity index (χ1n) is 24.2. The summed E-state index contributed by atoms with van der Waals surface area (Å²) in [7, 11) is 0. The lowest BCUT2D eigenvalue weighted by molar-refractivity contribution is -0.214. The lowest BCUT2D eigenvalue weighted by Gasteiger charge is -2.73. The van der Waals surface area contributed by atoms with Crippen molar-refractivity contribution >= 4 is 0 Å². The van der Waals surface area contributed by atoms with Gasteiger partial charge in [-0.05, 0) is 143 Å². The Morgan fingerprint density at radius 3 is 1.49 bits per heavy atom. The Kier molecular flexibility index (Phi) is 7.49. The number of rotatable bonds is 8. The van der Waals surface area contributed by atoms with Crippen LogP contribution in [0.3, 0.4) is 0 Å². The number of aromatic nitrogens is 5. The van der Waals surface area contributed by atoms with E-state index in [0.29, 0.717) is 23.4 Å². The molecule has 5 nitrogen and oxygen atoms in total. The van der Waals surface area contributed by atoms with Crippen molar-refractivity contribution in [3.05, 3.63) is 174 Å². The zero-order chi connectivity index (χ0) is 42.7. The summed E-state index contributed by atoms with van der Waals surface area (Å²) in [5, 5.41) is 0. The first-order valence-corrected chi connectivity index (χ1v) is 24.2. The van der Waals surface area contributed by atoms with E-state index in [9.17, 15) is 0 Å². The van der Waals surface area contributed by atoms with Crippen molar-refractivity contribution in [3.63, 3.8) is 0 Å². The second kappa shape index (κ2) is 13.3. The van der Waals surface area contributed by atoms with Gasteiger partial charge in [0.05, 0.1) is 11.4 Å². The molecule has 0 amide bonds. The maximum Gasteiger partial charge on any atom is 0.164 e. The molecule has 6 fully saturated rings. The molecule has 4 unspecified atom stereocenters. The van der Waals surface area contributed by atoms with Crippen LogP contribution in [0.25, 0.3) is 79.2 Å². The summed E-state index contributed by atoms with van der Waals surface area (Å²) in [5.74, 6) is 11.3. The zero-order valence-electron chi connectivity index (χ0n) is 36.8. The number of nitrogens with zero attached hydrogens (tertiary/aromatic N) is 5. The maximum atomic E-state index is 5.63. The second-order valence-corrected chi connectivity index (χ2v) is 21.2. The van der Waals surface area contributed by atoms with Crippen LogP contribution in [-0.2, 0) is 5.41 Å². The molecule has 0 spiro atoms. The van der Waals surface area contributed by atoms with E-state index in [2.05, 4.69) is 153 Å². The van der Waals surface area contributed by atoms with E-state index >= 15 is 0 Å². The Morgan fingerprint density at radius 2 is 0.892 bits per heavy atom. The van der Waals surface area contributed by atoms with Gasteiger partial charge in [-0.3, -0.25) is 0 Å². The van der Waals surface area contributed by atoms with Crippen LogP contribution in [0.5, 0.6) is 0 Å². The molecule has 2 heterocycles. The molecule has 6 aromatic carbocycles. The molecule has 4 atom stereocenters. The maximum absolute atomic E-state index is 5.63. The number of hydrogen-bond donors (Lipinski definition) is 0. The minimum absolute atomic E-state index is 0.132. The van der Waals surface area contributed by atoms with Gasteiger partial charge < -0.3 is 0 Å². The van der Waals surface area contributed by atoms with Gasteiger partial charge in [-0.2, -0.15) is 0 Å². The van der Waals surface area contributed by atoms with Crippen LogP contribution in [0.15, 0.2) is 152 Å². The van der Waals surface area contributed by atoms with Crippen molar-refractivity contribution in [2.24, 2.45) is 47.3 Å². The van der Waals surface area contributed by atoms with Crippen LogP contribution in [0.1, 0.15) is 73.6 Å². The Bertz CT molecular complexity index is 3180. The van der Waals surface area contributed by atoms with Crippen molar-refractivity contribution in [2.45, 2.75) is 56.8 Å². The normalized spacial score (nSPS) is 28.3. The van der Waals surface area contributed by atoms with E-state index in [-0.39, 0.29) is 5.41 Å². The lowest BCUT2D eigenvalue weighted by Crippen LogP contribution is -2.65. The smallest absolute Gasteiger partial charge is 0.164 e. The van der Waals surface area contributed by atoms with Gasteiger partial charge in [0.25, 0.3) is 0 Å². The molecule has 2 aromatic heterocycles. The monoisotopic (exact) mass is 839 g/mol. The molecule has 0 bridgehead atoms. The van der Waals surface area contributed by atoms with E-state index in [1.165, 1.54) is 59.1 Å². The first kappa shape index (κ1) is 36.7. The van der Waals surface area contributed by atoms with E-state index < -0.39 is 0 Å². The quantitative estimate of drug-likeness (QED) is 0.152. The summed E-state index contributed by atoms with van der Waals surface area (Å²) in [5.41, 5.74) is 16.1. The summed E-state index contributed by atoms with van der Waals surface area (Å²) >= 11 is 0. The molecule has 0 saturated heterocycles. The van der Waals surface area contributed by atoms with Gasteiger partial charge in [-0.15, -0.1) is 0 Å². The molecule has 0 aliphatic heterocycles. The van der Waals surface area contributed by atoms with E-state index in [4.69, 9.17) is 24.9 Å².